The zero-order chi connectivity index (χ0) is 26.7. The Morgan fingerprint density at radius 2 is 2.00 bits per heavy atom. The lowest BCUT2D eigenvalue weighted by Crippen LogP contribution is -2.99. The first-order valence-electron chi connectivity index (χ1n) is 13.6. The van der Waals surface area contributed by atoms with Crippen LogP contribution in [0.25, 0.3) is 10.9 Å². The van der Waals surface area contributed by atoms with E-state index < -0.39 is 5.23 Å². The third-order valence-corrected chi connectivity index (χ3v) is 8.96. The van der Waals surface area contributed by atoms with E-state index in [9.17, 15) is 20.0 Å². The van der Waals surface area contributed by atoms with Gasteiger partial charge in [-0.2, -0.15) is 5.23 Å². The Labute approximate surface area is 225 Å². The van der Waals surface area contributed by atoms with E-state index in [2.05, 4.69) is 21.3 Å². The molecular formula is C30H31N5O4. The van der Waals surface area contributed by atoms with Crippen LogP contribution < -0.4 is 21.0 Å². The van der Waals surface area contributed by atoms with Gasteiger partial charge in [-0.25, -0.2) is 5.21 Å². The third-order valence-electron chi connectivity index (χ3n) is 8.96. The Bertz CT molecular complexity index is 1630. The fourth-order valence-electron chi connectivity index (χ4n) is 7.27. The Balaban J connectivity index is 1.19. The monoisotopic (exact) mass is 525 g/mol. The number of carbonyl (C=O) groups is 1. The summed E-state index contributed by atoms with van der Waals surface area (Å²) in [5, 5.41) is 24.7. The standard InChI is InChI=1S/C30H31N5O4/c36-28-7-3-6-26-20-12-21(17-33(26)28)29-24(14-19-13-22(35(38)39)8-9-27(19)34(29)16-20)30(37)31-11-10-18-15-32-25-5-2-1-4-23(18)25/h1-9,13,15,20-21,24,29,32,35,38H,10-12,14,16-17H2,(H,31,37). The first-order valence-corrected chi connectivity index (χ1v) is 13.6. The molecule has 3 aliphatic rings. The molecule has 0 saturated carbocycles. The first-order chi connectivity index (χ1) is 19.0. The molecule has 5 unspecified atom stereocenters. The number of benzene rings is 2. The second-order valence-electron chi connectivity index (χ2n) is 11.1. The SMILES string of the molecule is O=C(NCCc1c[nH]c2ccccc12)C1Cc2cc([NH+]([O-])O)ccc2N2CC3CC(Cn4c3cccc4=O)C12. The van der Waals surface area contributed by atoms with Crippen molar-refractivity contribution in [3.63, 3.8) is 0 Å². The largest absolute Gasteiger partial charge is 0.595 e. The van der Waals surface area contributed by atoms with Crippen LogP contribution in [0.2, 0.25) is 0 Å². The van der Waals surface area contributed by atoms with Crippen LogP contribution >= 0.6 is 0 Å². The number of aromatic nitrogens is 2. The number of quaternary nitrogens is 1. The van der Waals surface area contributed by atoms with E-state index in [1.165, 1.54) is 0 Å². The highest BCUT2D eigenvalue weighted by molar-refractivity contribution is 5.84. The fraction of sp³-hybridized carbons (Fsp3) is 0.333. The molecule has 2 aromatic carbocycles. The normalized spacial score (nSPS) is 24.0. The maximum Gasteiger partial charge on any atom is 0.250 e. The fourth-order valence-corrected chi connectivity index (χ4v) is 7.27. The molecule has 1 amide bonds. The van der Waals surface area contributed by atoms with Crippen LogP contribution in [-0.4, -0.2) is 39.8 Å². The van der Waals surface area contributed by atoms with Crippen molar-refractivity contribution in [3.05, 3.63) is 99.2 Å². The van der Waals surface area contributed by atoms with Gasteiger partial charge in [-0.15, -0.1) is 0 Å². The van der Waals surface area contributed by atoms with Crippen molar-refractivity contribution >= 4 is 28.2 Å². The topological polar surface area (TPSA) is 118 Å². The van der Waals surface area contributed by atoms with Gasteiger partial charge in [0.1, 0.15) is 0 Å². The minimum atomic E-state index is -0.969. The van der Waals surface area contributed by atoms with Crippen molar-refractivity contribution < 1.29 is 15.2 Å². The summed E-state index contributed by atoms with van der Waals surface area (Å²) in [6.07, 6.45) is 4.13. The van der Waals surface area contributed by atoms with E-state index in [1.807, 2.05) is 47.2 Å². The van der Waals surface area contributed by atoms with Gasteiger partial charge in [-0.1, -0.05) is 24.3 Å². The molecule has 2 bridgehead atoms. The summed E-state index contributed by atoms with van der Waals surface area (Å²) in [6.45, 7) is 1.80. The number of nitrogens with one attached hydrogen (secondary N) is 3. The summed E-state index contributed by atoms with van der Waals surface area (Å²) in [6, 6.07) is 18.8. The Morgan fingerprint density at radius 3 is 2.87 bits per heavy atom. The number of fused-ring (bicyclic) bond motifs is 9. The summed E-state index contributed by atoms with van der Waals surface area (Å²) < 4.78 is 1.89. The summed E-state index contributed by atoms with van der Waals surface area (Å²) >= 11 is 0. The van der Waals surface area contributed by atoms with Crippen LogP contribution in [-0.2, 0) is 24.2 Å². The van der Waals surface area contributed by atoms with Crippen LogP contribution in [0.1, 0.15) is 29.2 Å². The van der Waals surface area contributed by atoms with Gasteiger partial charge >= 0.3 is 0 Å². The molecule has 4 aromatic rings. The molecule has 3 aliphatic heterocycles. The highest BCUT2D eigenvalue weighted by Gasteiger charge is 2.49. The van der Waals surface area contributed by atoms with E-state index in [1.54, 1.807) is 18.2 Å². The molecule has 0 aliphatic carbocycles. The number of piperidine rings is 1. The van der Waals surface area contributed by atoms with Gasteiger partial charge in [0.05, 0.1) is 5.92 Å². The zero-order valence-corrected chi connectivity index (χ0v) is 21.5. The molecule has 200 valence electrons. The van der Waals surface area contributed by atoms with Crippen molar-refractivity contribution in [3.8, 4) is 0 Å². The minimum absolute atomic E-state index is 0.0118. The molecule has 1 fully saturated rings. The van der Waals surface area contributed by atoms with E-state index in [-0.39, 0.29) is 40.9 Å². The molecule has 9 heteroatoms. The number of carbonyl (C=O) groups excluding carboxylic acids is 1. The van der Waals surface area contributed by atoms with Crippen molar-refractivity contribution in [2.45, 2.75) is 37.8 Å². The number of hydrogen-bond donors (Lipinski definition) is 4. The van der Waals surface area contributed by atoms with E-state index in [0.29, 0.717) is 32.5 Å². The van der Waals surface area contributed by atoms with Crippen molar-refractivity contribution in [1.82, 2.24) is 14.9 Å². The second-order valence-corrected chi connectivity index (χ2v) is 11.1. The molecule has 9 nitrogen and oxygen atoms in total. The molecule has 5 heterocycles. The Kier molecular flexibility index (Phi) is 5.80. The molecule has 0 spiro atoms. The lowest BCUT2D eigenvalue weighted by molar-refractivity contribution is -0.991. The maximum absolute atomic E-state index is 13.8. The van der Waals surface area contributed by atoms with Crippen molar-refractivity contribution in [2.75, 3.05) is 18.0 Å². The second kappa shape index (κ2) is 9.37. The molecule has 7 rings (SSSR count). The molecule has 5 atom stereocenters. The highest BCUT2D eigenvalue weighted by Crippen LogP contribution is 2.47. The minimum Gasteiger partial charge on any atom is -0.595 e. The number of rotatable bonds is 5. The van der Waals surface area contributed by atoms with Crippen molar-refractivity contribution in [1.29, 1.82) is 0 Å². The number of amides is 1. The Hall–Kier alpha value is -3.92. The molecule has 4 N–H and O–H groups in total. The number of anilines is 1. The zero-order valence-electron chi connectivity index (χ0n) is 21.5. The maximum atomic E-state index is 13.8. The summed E-state index contributed by atoms with van der Waals surface area (Å²) in [5.41, 5.74) is 5.44. The van der Waals surface area contributed by atoms with Gasteiger partial charge in [0, 0.05) is 78.3 Å². The smallest absolute Gasteiger partial charge is 0.250 e. The summed E-state index contributed by atoms with van der Waals surface area (Å²) in [5.74, 6) is -0.0186. The molecule has 0 radical (unpaired) electrons. The highest BCUT2D eigenvalue weighted by atomic mass is 16.8. The molecule has 2 aromatic heterocycles. The van der Waals surface area contributed by atoms with Crippen molar-refractivity contribution in [2.24, 2.45) is 11.8 Å². The lowest BCUT2D eigenvalue weighted by atomic mass is 9.70. The van der Waals surface area contributed by atoms with Crippen LogP contribution in [0.5, 0.6) is 0 Å². The lowest BCUT2D eigenvalue weighted by Gasteiger charge is -2.54. The summed E-state index contributed by atoms with van der Waals surface area (Å²) in [4.78, 5) is 32.2. The average Bonchev–Trinajstić information content (AvgIpc) is 3.36. The van der Waals surface area contributed by atoms with E-state index >= 15 is 0 Å². The Morgan fingerprint density at radius 1 is 1.13 bits per heavy atom. The summed E-state index contributed by atoms with van der Waals surface area (Å²) in [7, 11) is 0. The van der Waals surface area contributed by atoms with Crippen LogP contribution in [0.3, 0.4) is 0 Å². The molecule has 39 heavy (non-hydrogen) atoms. The van der Waals surface area contributed by atoms with Gasteiger partial charge in [-0.05, 0) is 54.5 Å². The predicted octanol–water partition coefficient (Wildman–Crippen LogP) is 2.26. The van der Waals surface area contributed by atoms with Crippen LogP contribution in [0.4, 0.5) is 11.4 Å². The number of hydrogen-bond acceptors (Lipinski definition) is 5. The van der Waals surface area contributed by atoms with Gasteiger partial charge in [0.2, 0.25) is 5.91 Å². The number of aromatic amines is 1. The molecular weight excluding hydrogens is 494 g/mol. The quantitative estimate of drug-likeness (QED) is 0.298. The predicted molar refractivity (Wildman–Crippen MR) is 147 cm³/mol. The average molecular weight is 526 g/mol. The van der Waals surface area contributed by atoms with Gasteiger partial charge in [0.25, 0.3) is 5.56 Å². The number of nitrogens with zero attached hydrogens (tertiary/aromatic N) is 2. The van der Waals surface area contributed by atoms with Gasteiger partial charge < -0.3 is 25.0 Å². The number of H-pyrrole nitrogens is 1. The number of pyridine rings is 1. The van der Waals surface area contributed by atoms with Crippen LogP contribution in [0, 0.1) is 17.0 Å². The van der Waals surface area contributed by atoms with Crippen LogP contribution in [0.15, 0.2) is 71.7 Å². The van der Waals surface area contributed by atoms with Gasteiger partial charge in [0.15, 0.2) is 5.69 Å². The first kappa shape index (κ1) is 24.1. The number of para-hydroxylation sites is 1. The van der Waals surface area contributed by atoms with Gasteiger partial charge in [-0.3, -0.25) is 9.59 Å². The van der Waals surface area contributed by atoms with E-state index in [4.69, 9.17) is 0 Å². The van der Waals surface area contributed by atoms with E-state index in [0.717, 1.165) is 39.8 Å². The third kappa shape index (κ3) is 4.05. The molecule has 1 saturated heterocycles.